The molecular weight excluding hydrogens is 611 g/mol. The van der Waals surface area contributed by atoms with Crippen LogP contribution < -0.4 is 0 Å². The van der Waals surface area contributed by atoms with Crippen LogP contribution >= 0.6 is 0 Å². The lowest BCUT2D eigenvalue weighted by Gasteiger charge is -2.16. The van der Waals surface area contributed by atoms with E-state index in [2.05, 4.69) is 88.0 Å². The lowest BCUT2D eigenvalue weighted by Crippen LogP contribution is -1.98. The van der Waals surface area contributed by atoms with E-state index in [1.54, 1.807) is 0 Å². The lowest BCUT2D eigenvalue weighted by molar-refractivity contribution is 1.18. The molecule has 0 radical (unpaired) electrons. The summed E-state index contributed by atoms with van der Waals surface area (Å²) in [6, 6.07) is 57.9. The number of aromatic nitrogens is 2. The predicted molar refractivity (Wildman–Crippen MR) is 200 cm³/mol. The van der Waals surface area contributed by atoms with Gasteiger partial charge < -0.3 is 9.13 Å². The third-order valence-electron chi connectivity index (χ3n) is 9.56. The molecule has 230 valence electrons. The first kappa shape index (κ1) is 28.8. The van der Waals surface area contributed by atoms with Crippen LogP contribution in [0, 0.1) is 34.0 Å². The summed E-state index contributed by atoms with van der Waals surface area (Å²) >= 11 is 0. The van der Waals surface area contributed by atoms with Gasteiger partial charge in [0.25, 0.3) is 0 Å². The van der Waals surface area contributed by atoms with E-state index in [0.29, 0.717) is 16.7 Å². The molecule has 0 aliphatic rings. The molecule has 0 atom stereocenters. The summed E-state index contributed by atoms with van der Waals surface area (Å²) in [5.74, 6) is 0. The second-order valence-corrected chi connectivity index (χ2v) is 12.4. The molecule has 0 amide bonds. The molecule has 5 heteroatoms. The van der Waals surface area contributed by atoms with Crippen LogP contribution in [0.1, 0.15) is 16.7 Å². The molecule has 5 nitrogen and oxygen atoms in total. The number of nitriles is 3. The number of para-hydroxylation sites is 3. The summed E-state index contributed by atoms with van der Waals surface area (Å²) in [5, 5.41) is 33.9. The molecule has 0 aliphatic heterocycles. The van der Waals surface area contributed by atoms with Crippen molar-refractivity contribution in [1.82, 2.24) is 9.13 Å². The van der Waals surface area contributed by atoms with Crippen LogP contribution in [0.4, 0.5) is 0 Å². The zero-order valence-corrected chi connectivity index (χ0v) is 26.7. The summed E-state index contributed by atoms with van der Waals surface area (Å²) in [7, 11) is 0. The first-order chi connectivity index (χ1) is 24.6. The van der Waals surface area contributed by atoms with Crippen molar-refractivity contribution in [3.05, 3.63) is 168 Å². The van der Waals surface area contributed by atoms with Gasteiger partial charge in [-0.05, 0) is 95.6 Å². The van der Waals surface area contributed by atoms with Crippen LogP contribution in [0.15, 0.2) is 152 Å². The van der Waals surface area contributed by atoms with Crippen molar-refractivity contribution in [2.24, 2.45) is 0 Å². The fraction of sp³-hybridized carbons (Fsp3) is 0. The number of fused-ring (bicyclic) bond motifs is 6. The highest BCUT2D eigenvalue weighted by atomic mass is 15.0. The Balaban J connectivity index is 1.24. The average Bonchev–Trinajstić information content (AvgIpc) is 3.69. The van der Waals surface area contributed by atoms with Crippen molar-refractivity contribution in [2.75, 3.05) is 0 Å². The Morgan fingerprint density at radius 3 is 1.78 bits per heavy atom. The minimum absolute atomic E-state index is 0.563. The highest BCUT2D eigenvalue weighted by Gasteiger charge is 2.18. The molecule has 0 saturated heterocycles. The van der Waals surface area contributed by atoms with Gasteiger partial charge in [-0.3, -0.25) is 0 Å². The highest BCUT2D eigenvalue weighted by Crippen LogP contribution is 2.39. The molecule has 2 heterocycles. The Morgan fingerprint density at radius 1 is 0.360 bits per heavy atom. The minimum atomic E-state index is 0.563. The third kappa shape index (κ3) is 4.45. The second-order valence-electron chi connectivity index (χ2n) is 12.4. The second kappa shape index (κ2) is 11.4. The van der Waals surface area contributed by atoms with Crippen molar-refractivity contribution < 1.29 is 0 Å². The number of hydrogen-bond acceptors (Lipinski definition) is 3. The number of nitrogens with zero attached hydrogens (tertiary/aromatic N) is 5. The van der Waals surface area contributed by atoms with E-state index in [4.69, 9.17) is 0 Å². The molecule has 9 rings (SSSR count). The maximum atomic E-state index is 10.2. The third-order valence-corrected chi connectivity index (χ3v) is 9.56. The summed E-state index contributed by atoms with van der Waals surface area (Å²) in [6.07, 6.45) is 0. The Hall–Kier alpha value is -7.39. The van der Waals surface area contributed by atoms with Gasteiger partial charge in [0, 0.05) is 32.8 Å². The molecule has 0 fully saturated rings. The monoisotopic (exact) mass is 635 g/mol. The average molecular weight is 636 g/mol. The Morgan fingerprint density at radius 2 is 0.980 bits per heavy atom. The number of rotatable bonds is 4. The molecule has 0 unspecified atom stereocenters. The first-order valence-electron chi connectivity index (χ1n) is 16.3. The van der Waals surface area contributed by atoms with Crippen LogP contribution in [0.3, 0.4) is 0 Å². The van der Waals surface area contributed by atoms with Crippen molar-refractivity contribution in [1.29, 1.82) is 15.8 Å². The quantitative estimate of drug-likeness (QED) is 0.193. The van der Waals surface area contributed by atoms with E-state index in [1.807, 2.05) is 91.0 Å². The van der Waals surface area contributed by atoms with Gasteiger partial charge in [-0.1, -0.05) is 72.8 Å². The Labute approximate surface area is 287 Å². The number of hydrogen-bond donors (Lipinski definition) is 0. The molecule has 2 aromatic heterocycles. The van der Waals surface area contributed by atoms with Gasteiger partial charge >= 0.3 is 0 Å². The summed E-state index contributed by atoms with van der Waals surface area (Å²) < 4.78 is 4.46. The van der Waals surface area contributed by atoms with E-state index in [-0.39, 0.29) is 0 Å². The zero-order chi connectivity index (χ0) is 33.8. The maximum Gasteiger partial charge on any atom is 0.0992 e. The molecule has 0 aliphatic carbocycles. The van der Waals surface area contributed by atoms with Crippen LogP contribution in [0.5, 0.6) is 0 Å². The SMILES string of the molecule is N#Cc1cc(-c2cccc(-n3c4ccccc4c4cc(C#N)ccc43)c2)cc(-c2ccccc2-n2c3ccccc3c3ccc(C#N)cc32)c1. The summed E-state index contributed by atoms with van der Waals surface area (Å²) in [5.41, 5.74) is 11.6. The van der Waals surface area contributed by atoms with E-state index in [0.717, 1.165) is 77.2 Å². The van der Waals surface area contributed by atoms with Gasteiger partial charge in [0.2, 0.25) is 0 Å². The van der Waals surface area contributed by atoms with Crippen molar-refractivity contribution >= 4 is 43.6 Å². The van der Waals surface area contributed by atoms with Crippen molar-refractivity contribution in [2.45, 2.75) is 0 Å². The first-order valence-corrected chi connectivity index (χ1v) is 16.3. The molecule has 0 N–H and O–H groups in total. The zero-order valence-electron chi connectivity index (χ0n) is 26.7. The minimum Gasteiger partial charge on any atom is -0.309 e. The summed E-state index contributed by atoms with van der Waals surface area (Å²) in [4.78, 5) is 0. The Kier molecular flexibility index (Phi) is 6.56. The lowest BCUT2D eigenvalue weighted by atomic mass is 9.95. The van der Waals surface area contributed by atoms with E-state index in [1.165, 1.54) is 0 Å². The molecule has 0 bridgehead atoms. The van der Waals surface area contributed by atoms with E-state index < -0.39 is 0 Å². The van der Waals surface area contributed by atoms with Gasteiger partial charge in [-0.25, -0.2) is 0 Å². The predicted octanol–water partition coefficient (Wildman–Crippen LogP) is 10.8. The standard InChI is InChI=1S/C45H25N5/c46-26-29-17-19-44-40(22-29)38-12-3-5-14-42(38)49(44)35-9-7-8-32(25-35)33-20-31(28-48)21-34(24-33)36-10-1-4-13-41(36)50-43-15-6-2-11-37(43)39-18-16-30(27-47)23-45(39)50/h1-25H. The van der Waals surface area contributed by atoms with Crippen LogP contribution in [0.2, 0.25) is 0 Å². The largest absolute Gasteiger partial charge is 0.309 e. The van der Waals surface area contributed by atoms with Crippen molar-refractivity contribution in [3.63, 3.8) is 0 Å². The fourth-order valence-electron chi connectivity index (χ4n) is 7.37. The molecule has 9 aromatic rings. The maximum absolute atomic E-state index is 10.2. The molecule has 0 spiro atoms. The van der Waals surface area contributed by atoms with Crippen molar-refractivity contribution in [3.8, 4) is 51.8 Å². The molecule has 50 heavy (non-hydrogen) atoms. The molecule has 7 aromatic carbocycles. The Bertz CT molecular complexity index is 2970. The normalized spacial score (nSPS) is 11.1. The van der Waals surface area contributed by atoms with Crippen LogP contribution in [0.25, 0.3) is 77.2 Å². The van der Waals surface area contributed by atoms with Crippen LogP contribution in [-0.4, -0.2) is 9.13 Å². The van der Waals surface area contributed by atoms with E-state index in [9.17, 15) is 15.8 Å². The molecular formula is C45H25N5. The molecule has 0 saturated carbocycles. The van der Waals surface area contributed by atoms with Gasteiger partial charge in [0.1, 0.15) is 0 Å². The number of benzene rings is 7. The summed E-state index contributed by atoms with van der Waals surface area (Å²) in [6.45, 7) is 0. The van der Waals surface area contributed by atoms with E-state index >= 15 is 0 Å². The van der Waals surface area contributed by atoms with Gasteiger partial charge in [0.15, 0.2) is 0 Å². The van der Waals surface area contributed by atoms with Gasteiger partial charge in [-0.15, -0.1) is 0 Å². The van der Waals surface area contributed by atoms with Crippen LogP contribution in [-0.2, 0) is 0 Å². The van der Waals surface area contributed by atoms with Gasteiger partial charge in [0.05, 0.1) is 62.7 Å². The fourth-order valence-corrected chi connectivity index (χ4v) is 7.37. The smallest absolute Gasteiger partial charge is 0.0992 e. The topological polar surface area (TPSA) is 81.2 Å². The highest BCUT2D eigenvalue weighted by molar-refractivity contribution is 6.11. The van der Waals surface area contributed by atoms with Gasteiger partial charge in [-0.2, -0.15) is 15.8 Å².